The summed E-state index contributed by atoms with van der Waals surface area (Å²) < 4.78 is 63.4. The number of hydrogen-bond acceptors (Lipinski definition) is 4. The van der Waals surface area contributed by atoms with Gasteiger partial charge in [0.25, 0.3) is 0 Å². The van der Waals surface area contributed by atoms with Crippen molar-refractivity contribution in [1.29, 1.82) is 0 Å². The molecule has 3 N–H and O–H groups in total. The Morgan fingerprint density at radius 1 is 1.26 bits per heavy atom. The molecule has 0 aliphatic rings. The van der Waals surface area contributed by atoms with Crippen LogP contribution in [-0.4, -0.2) is 37.2 Å². The molecule has 0 aliphatic carbocycles. The van der Waals surface area contributed by atoms with E-state index >= 15 is 0 Å². The molecule has 1 aromatic carbocycles. The Bertz CT molecular complexity index is 604. The molecule has 0 spiro atoms. The first kappa shape index (κ1) is 15.4. The summed E-state index contributed by atoms with van der Waals surface area (Å²) >= 11 is 0. The van der Waals surface area contributed by atoms with Gasteiger partial charge in [-0.05, 0) is 12.1 Å². The highest BCUT2D eigenvalue weighted by atomic mass is 32.2. The second kappa shape index (κ2) is 5.55. The summed E-state index contributed by atoms with van der Waals surface area (Å²) in [5.74, 6) is -7.28. The summed E-state index contributed by atoms with van der Waals surface area (Å²) in [7, 11) is -4.76. The predicted octanol–water partition coefficient (Wildman–Crippen LogP) is -0.172. The SMILES string of the molecule is O=C(O)C(CO)NS(=O)(=O)c1ccc(F)c(F)c1F. The largest absolute Gasteiger partial charge is 0.480 e. The molecule has 0 bridgehead atoms. The average Bonchev–Trinajstić information content (AvgIpc) is 2.32. The number of carbonyl (C=O) groups is 1. The molecule has 0 fully saturated rings. The number of aliphatic hydroxyl groups is 1. The number of benzene rings is 1. The molecule has 106 valence electrons. The molecule has 0 radical (unpaired) electrons. The van der Waals surface area contributed by atoms with Crippen LogP contribution in [-0.2, 0) is 14.8 Å². The van der Waals surface area contributed by atoms with Crippen molar-refractivity contribution in [3.05, 3.63) is 29.6 Å². The van der Waals surface area contributed by atoms with Gasteiger partial charge < -0.3 is 10.2 Å². The third-order valence-corrected chi connectivity index (χ3v) is 3.56. The van der Waals surface area contributed by atoms with Crippen LogP contribution in [0.15, 0.2) is 17.0 Å². The lowest BCUT2D eigenvalue weighted by molar-refractivity contribution is -0.139. The monoisotopic (exact) mass is 299 g/mol. The van der Waals surface area contributed by atoms with E-state index in [0.29, 0.717) is 12.1 Å². The lowest BCUT2D eigenvalue weighted by Gasteiger charge is -2.12. The van der Waals surface area contributed by atoms with Gasteiger partial charge in [0.1, 0.15) is 10.9 Å². The summed E-state index contributed by atoms with van der Waals surface area (Å²) in [6.07, 6.45) is 0. The van der Waals surface area contributed by atoms with Gasteiger partial charge >= 0.3 is 5.97 Å². The fourth-order valence-corrected chi connectivity index (χ4v) is 2.38. The van der Waals surface area contributed by atoms with E-state index in [2.05, 4.69) is 0 Å². The second-order valence-corrected chi connectivity index (χ2v) is 5.05. The number of carboxylic acid groups (broad SMARTS) is 1. The summed E-state index contributed by atoms with van der Waals surface area (Å²) in [4.78, 5) is 9.27. The number of sulfonamides is 1. The van der Waals surface area contributed by atoms with Crippen molar-refractivity contribution in [2.45, 2.75) is 10.9 Å². The van der Waals surface area contributed by atoms with E-state index in [1.807, 2.05) is 0 Å². The molecular formula is C9H8F3NO5S. The minimum Gasteiger partial charge on any atom is -0.480 e. The van der Waals surface area contributed by atoms with Crippen molar-refractivity contribution in [2.24, 2.45) is 0 Å². The summed E-state index contributed by atoms with van der Waals surface area (Å²) in [6.45, 7) is -1.10. The Morgan fingerprint density at radius 2 is 1.84 bits per heavy atom. The van der Waals surface area contributed by atoms with E-state index in [0.717, 1.165) is 0 Å². The molecule has 0 aromatic heterocycles. The molecule has 1 rings (SSSR count). The van der Waals surface area contributed by atoms with Gasteiger partial charge in [-0.3, -0.25) is 4.79 Å². The molecule has 6 nitrogen and oxygen atoms in total. The van der Waals surface area contributed by atoms with E-state index in [9.17, 15) is 26.4 Å². The van der Waals surface area contributed by atoms with Gasteiger partial charge in [-0.1, -0.05) is 0 Å². The van der Waals surface area contributed by atoms with E-state index in [1.165, 1.54) is 4.72 Å². The van der Waals surface area contributed by atoms with Crippen LogP contribution in [0.2, 0.25) is 0 Å². The maximum absolute atomic E-state index is 13.3. The maximum atomic E-state index is 13.3. The number of hydrogen-bond donors (Lipinski definition) is 3. The van der Waals surface area contributed by atoms with Gasteiger partial charge in [-0.15, -0.1) is 0 Å². The van der Waals surface area contributed by atoms with Crippen LogP contribution < -0.4 is 4.72 Å². The van der Waals surface area contributed by atoms with E-state index < -0.39 is 51.0 Å². The molecular weight excluding hydrogens is 291 g/mol. The lowest BCUT2D eigenvalue weighted by atomic mass is 10.3. The topological polar surface area (TPSA) is 104 Å². The zero-order valence-electron chi connectivity index (χ0n) is 9.10. The molecule has 0 saturated carbocycles. The van der Waals surface area contributed by atoms with Crippen molar-refractivity contribution in [1.82, 2.24) is 4.72 Å². The molecule has 1 unspecified atom stereocenters. The van der Waals surface area contributed by atoms with Crippen molar-refractivity contribution in [3.63, 3.8) is 0 Å². The first-order valence-electron chi connectivity index (χ1n) is 4.70. The van der Waals surface area contributed by atoms with Gasteiger partial charge in [-0.25, -0.2) is 21.6 Å². The molecule has 19 heavy (non-hydrogen) atoms. The van der Waals surface area contributed by atoms with Gasteiger partial charge in [-0.2, -0.15) is 4.72 Å². The smallest absolute Gasteiger partial charge is 0.324 e. The number of aliphatic carboxylic acids is 1. The van der Waals surface area contributed by atoms with Crippen LogP contribution in [0.1, 0.15) is 0 Å². The molecule has 1 atom stereocenters. The van der Waals surface area contributed by atoms with Gasteiger partial charge in [0.2, 0.25) is 10.0 Å². The Labute approximate surface area is 105 Å². The highest BCUT2D eigenvalue weighted by Crippen LogP contribution is 2.19. The van der Waals surface area contributed by atoms with Gasteiger partial charge in [0, 0.05) is 0 Å². The van der Waals surface area contributed by atoms with Crippen LogP contribution >= 0.6 is 0 Å². The summed E-state index contributed by atoms with van der Waals surface area (Å²) in [6, 6.07) is -1.12. The van der Waals surface area contributed by atoms with Gasteiger partial charge in [0.15, 0.2) is 17.5 Å². The van der Waals surface area contributed by atoms with E-state index in [1.54, 1.807) is 0 Å². The maximum Gasteiger partial charge on any atom is 0.324 e. The summed E-state index contributed by atoms with van der Waals surface area (Å²) in [5.41, 5.74) is 0. The highest BCUT2D eigenvalue weighted by molar-refractivity contribution is 7.89. The lowest BCUT2D eigenvalue weighted by Crippen LogP contribution is -2.43. The summed E-state index contributed by atoms with van der Waals surface area (Å²) in [5, 5.41) is 17.2. The number of halogens is 3. The van der Waals surface area contributed by atoms with E-state index in [4.69, 9.17) is 10.2 Å². The molecule has 0 amide bonds. The second-order valence-electron chi connectivity index (χ2n) is 3.37. The number of carboxylic acids is 1. The highest BCUT2D eigenvalue weighted by Gasteiger charge is 2.29. The third kappa shape index (κ3) is 3.22. The Kier molecular flexibility index (Phi) is 4.50. The normalized spacial score (nSPS) is 13.3. The van der Waals surface area contributed by atoms with Crippen LogP contribution in [0.4, 0.5) is 13.2 Å². The zero-order valence-corrected chi connectivity index (χ0v) is 9.92. The fourth-order valence-electron chi connectivity index (χ4n) is 1.13. The standard InChI is InChI=1S/C9H8F3NO5S/c10-4-1-2-6(8(12)7(4)11)19(17,18)13-5(3-14)9(15)16/h1-2,5,13-14H,3H2,(H,15,16). The van der Waals surface area contributed by atoms with Crippen molar-refractivity contribution in [3.8, 4) is 0 Å². The van der Waals surface area contributed by atoms with Crippen LogP contribution in [0.3, 0.4) is 0 Å². The van der Waals surface area contributed by atoms with E-state index in [-0.39, 0.29) is 0 Å². The van der Waals surface area contributed by atoms with Crippen LogP contribution in [0.5, 0.6) is 0 Å². The number of aliphatic hydroxyl groups excluding tert-OH is 1. The molecule has 0 saturated heterocycles. The molecule has 0 heterocycles. The minimum absolute atomic E-state index is 0.377. The fraction of sp³-hybridized carbons (Fsp3) is 0.222. The molecule has 10 heteroatoms. The predicted molar refractivity (Wildman–Crippen MR) is 55.1 cm³/mol. The first-order valence-corrected chi connectivity index (χ1v) is 6.18. The van der Waals surface area contributed by atoms with Crippen molar-refractivity contribution < 1.29 is 36.6 Å². The van der Waals surface area contributed by atoms with Crippen LogP contribution in [0.25, 0.3) is 0 Å². The Balaban J connectivity index is 3.22. The molecule has 1 aromatic rings. The number of rotatable bonds is 5. The quantitative estimate of drug-likeness (QED) is 0.655. The first-order chi connectivity index (χ1) is 8.70. The molecule has 0 aliphatic heterocycles. The average molecular weight is 299 g/mol. The number of nitrogens with one attached hydrogen (secondary N) is 1. The van der Waals surface area contributed by atoms with Crippen molar-refractivity contribution >= 4 is 16.0 Å². The third-order valence-electron chi connectivity index (χ3n) is 2.07. The van der Waals surface area contributed by atoms with Crippen LogP contribution in [0, 0.1) is 17.5 Å². The minimum atomic E-state index is -4.76. The zero-order chi connectivity index (χ0) is 14.8. The Hall–Kier alpha value is -1.65. The van der Waals surface area contributed by atoms with Gasteiger partial charge in [0.05, 0.1) is 6.61 Å². The van der Waals surface area contributed by atoms with Crippen molar-refractivity contribution in [2.75, 3.05) is 6.61 Å². The Morgan fingerprint density at radius 3 is 2.32 bits per heavy atom.